The van der Waals surface area contributed by atoms with Gasteiger partial charge in [0.05, 0.1) is 0 Å². The number of amides is 2. The molecule has 0 aliphatic heterocycles. The molecule has 0 saturated carbocycles. The van der Waals surface area contributed by atoms with Gasteiger partial charge in [0.2, 0.25) is 5.91 Å². The van der Waals surface area contributed by atoms with Crippen LogP contribution in [0, 0.1) is 6.92 Å². The predicted octanol–water partition coefficient (Wildman–Crippen LogP) is 5.71. The molecule has 0 unspecified atom stereocenters. The quantitative estimate of drug-likeness (QED) is 0.457. The Morgan fingerprint density at radius 3 is 2.22 bits per heavy atom. The molecule has 3 aromatic carbocycles. The van der Waals surface area contributed by atoms with Crippen molar-refractivity contribution in [1.82, 2.24) is 0 Å². The van der Waals surface area contributed by atoms with Crippen LogP contribution in [0.15, 0.2) is 72.8 Å². The minimum absolute atomic E-state index is 0.0682. The van der Waals surface area contributed by atoms with E-state index < -0.39 is 0 Å². The number of hydrogen-bond donors (Lipinski definition) is 2. The maximum absolute atomic E-state index is 12.4. The fraction of sp³-hybridized carbons (Fsp3) is 0.259. The summed E-state index contributed by atoms with van der Waals surface area (Å²) in [7, 11) is 0. The molecule has 0 heterocycles. The summed E-state index contributed by atoms with van der Waals surface area (Å²) in [6.45, 7) is 6.10. The van der Waals surface area contributed by atoms with E-state index in [4.69, 9.17) is 4.74 Å². The first-order valence-corrected chi connectivity index (χ1v) is 10.9. The van der Waals surface area contributed by atoms with Crippen LogP contribution < -0.4 is 15.4 Å². The van der Waals surface area contributed by atoms with Crippen LogP contribution in [0.4, 0.5) is 11.4 Å². The van der Waals surface area contributed by atoms with Gasteiger partial charge in [-0.05, 0) is 60.2 Å². The number of nitrogens with one attached hydrogen (secondary N) is 2. The lowest BCUT2D eigenvalue weighted by Crippen LogP contribution is -2.21. The predicted molar refractivity (Wildman–Crippen MR) is 129 cm³/mol. The van der Waals surface area contributed by atoms with Crippen LogP contribution in [0.3, 0.4) is 0 Å². The molecule has 0 saturated heterocycles. The first kappa shape index (κ1) is 23.1. The second-order valence-electron chi connectivity index (χ2n) is 8.15. The van der Waals surface area contributed by atoms with Crippen molar-refractivity contribution in [2.24, 2.45) is 0 Å². The highest BCUT2D eigenvalue weighted by Gasteiger charge is 2.11. The highest BCUT2D eigenvalue weighted by Crippen LogP contribution is 2.27. The summed E-state index contributed by atoms with van der Waals surface area (Å²) < 4.78 is 5.80. The van der Waals surface area contributed by atoms with Gasteiger partial charge < -0.3 is 15.4 Å². The van der Waals surface area contributed by atoms with Crippen molar-refractivity contribution in [3.63, 3.8) is 0 Å². The molecule has 2 amide bonds. The molecule has 32 heavy (non-hydrogen) atoms. The Kier molecular flexibility index (Phi) is 8.03. The Labute approximate surface area is 189 Å². The SMILES string of the molecule is Cc1ccc(C(C)C)c(OCC(=O)Nc2cccc(NC(=O)CCc3ccccc3)c2)c1. The zero-order valence-electron chi connectivity index (χ0n) is 18.9. The lowest BCUT2D eigenvalue weighted by Gasteiger charge is -2.15. The summed E-state index contributed by atoms with van der Waals surface area (Å²) in [6, 6.07) is 23.0. The van der Waals surface area contributed by atoms with Gasteiger partial charge in [0.25, 0.3) is 5.91 Å². The molecule has 0 spiro atoms. The van der Waals surface area contributed by atoms with E-state index in [-0.39, 0.29) is 18.4 Å². The van der Waals surface area contributed by atoms with E-state index in [0.717, 1.165) is 22.4 Å². The summed E-state index contributed by atoms with van der Waals surface area (Å²) in [4.78, 5) is 24.7. The third kappa shape index (κ3) is 6.98. The monoisotopic (exact) mass is 430 g/mol. The Balaban J connectivity index is 1.52. The fourth-order valence-electron chi connectivity index (χ4n) is 3.38. The number of ether oxygens (including phenoxy) is 1. The lowest BCUT2D eigenvalue weighted by atomic mass is 10.0. The van der Waals surface area contributed by atoms with E-state index in [9.17, 15) is 9.59 Å². The van der Waals surface area contributed by atoms with Gasteiger partial charge in [-0.15, -0.1) is 0 Å². The highest BCUT2D eigenvalue weighted by molar-refractivity contribution is 5.94. The Bertz CT molecular complexity index is 1060. The summed E-state index contributed by atoms with van der Waals surface area (Å²) in [5.41, 5.74) is 4.53. The Hall–Kier alpha value is -3.60. The molecule has 0 atom stereocenters. The van der Waals surface area contributed by atoms with Crippen molar-refractivity contribution in [2.75, 3.05) is 17.2 Å². The van der Waals surface area contributed by atoms with Crippen LogP contribution in [-0.2, 0) is 16.0 Å². The highest BCUT2D eigenvalue weighted by atomic mass is 16.5. The van der Waals surface area contributed by atoms with Crippen molar-refractivity contribution in [3.05, 3.63) is 89.5 Å². The van der Waals surface area contributed by atoms with Crippen molar-refractivity contribution >= 4 is 23.2 Å². The average molecular weight is 431 g/mol. The van der Waals surface area contributed by atoms with E-state index in [1.807, 2.05) is 55.5 Å². The topological polar surface area (TPSA) is 67.4 Å². The minimum atomic E-state index is -0.256. The van der Waals surface area contributed by atoms with E-state index in [0.29, 0.717) is 30.1 Å². The molecule has 0 fully saturated rings. The number of carbonyl (C=O) groups is 2. The molecule has 2 N–H and O–H groups in total. The van der Waals surface area contributed by atoms with E-state index in [1.165, 1.54) is 0 Å². The summed E-state index contributed by atoms with van der Waals surface area (Å²) in [5, 5.41) is 5.72. The first-order valence-electron chi connectivity index (χ1n) is 10.9. The first-order chi connectivity index (χ1) is 15.4. The zero-order valence-corrected chi connectivity index (χ0v) is 18.9. The Morgan fingerprint density at radius 1 is 0.844 bits per heavy atom. The molecule has 3 aromatic rings. The molecule has 5 nitrogen and oxygen atoms in total. The molecule has 5 heteroatoms. The molecule has 0 aromatic heterocycles. The van der Waals surface area contributed by atoms with Crippen LogP contribution in [-0.4, -0.2) is 18.4 Å². The molecule has 166 valence electrons. The maximum atomic E-state index is 12.4. The van der Waals surface area contributed by atoms with Crippen molar-refractivity contribution < 1.29 is 14.3 Å². The molecule has 0 aliphatic carbocycles. The van der Waals surface area contributed by atoms with Gasteiger partial charge >= 0.3 is 0 Å². The van der Waals surface area contributed by atoms with Gasteiger partial charge in [-0.3, -0.25) is 9.59 Å². The molecule has 0 radical (unpaired) electrons. The molecule has 0 bridgehead atoms. The molecule has 3 rings (SSSR count). The molecular weight excluding hydrogens is 400 g/mol. The van der Waals surface area contributed by atoms with Crippen LogP contribution in [0.5, 0.6) is 5.75 Å². The number of anilines is 2. The van der Waals surface area contributed by atoms with Gasteiger partial charge in [-0.1, -0.05) is 62.4 Å². The normalized spacial score (nSPS) is 10.6. The minimum Gasteiger partial charge on any atom is -0.483 e. The number of aryl methyl sites for hydroxylation is 2. The zero-order chi connectivity index (χ0) is 22.9. The third-order valence-electron chi connectivity index (χ3n) is 5.06. The van der Waals surface area contributed by atoms with E-state index >= 15 is 0 Å². The second kappa shape index (κ2) is 11.1. The summed E-state index contributed by atoms with van der Waals surface area (Å²) in [6.07, 6.45) is 1.07. The van der Waals surface area contributed by atoms with E-state index in [1.54, 1.807) is 24.3 Å². The largest absolute Gasteiger partial charge is 0.483 e. The number of carbonyl (C=O) groups excluding carboxylic acids is 2. The van der Waals surface area contributed by atoms with Gasteiger partial charge in [0, 0.05) is 17.8 Å². The van der Waals surface area contributed by atoms with Gasteiger partial charge in [-0.25, -0.2) is 0 Å². The smallest absolute Gasteiger partial charge is 0.262 e. The van der Waals surface area contributed by atoms with Crippen LogP contribution >= 0.6 is 0 Å². The number of benzene rings is 3. The number of hydrogen-bond acceptors (Lipinski definition) is 3. The van der Waals surface area contributed by atoms with E-state index in [2.05, 4.69) is 24.5 Å². The maximum Gasteiger partial charge on any atom is 0.262 e. The number of rotatable bonds is 9. The lowest BCUT2D eigenvalue weighted by molar-refractivity contribution is -0.118. The van der Waals surface area contributed by atoms with Crippen LogP contribution in [0.1, 0.15) is 42.9 Å². The summed E-state index contributed by atoms with van der Waals surface area (Å²) in [5.74, 6) is 0.709. The second-order valence-corrected chi connectivity index (χ2v) is 8.15. The van der Waals surface area contributed by atoms with Crippen molar-refractivity contribution in [2.45, 2.75) is 39.5 Å². The van der Waals surface area contributed by atoms with Gasteiger partial charge in [0.15, 0.2) is 6.61 Å². The van der Waals surface area contributed by atoms with Crippen LogP contribution in [0.2, 0.25) is 0 Å². The average Bonchev–Trinajstić information content (AvgIpc) is 2.77. The standard InChI is InChI=1S/C27H30N2O3/c1-19(2)24-14-12-20(3)16-25(24)32-18-27(31)29-23-11-7-10-22(17-23)28-26(30)15-13-21-8-5-4-6-9-21/h4-12,14,16-17,19H,13,15,18H2,1-3H3,(H,28,30)(H,29,31). The Morgan fingerprint density at radius 2 is 1.53 bits per heavy atom. The molecular formula is C27H30N2O3. The van der Waals surface area contributed by atoms with Crippen molar-refractivity contribution in [3.8, 4) is 5.75 Å². The summed E-state index contributed by atoms with van der Waals surface area (Å²) >= 11 is 0. The van der Waals surface area contributed by atoms with Crippen LogP contribution in [0.25, 0.3) is 0 Å². The van der Waals surface area contributed by atoms with Gasteiger partial charge in [0.1, 0.15) is 5.75 Å². The molecule has 0 aliphatic rings. The fourth-order valence-corrected chi connectivity index (χ4v) is 3.38. The van der Waals surface area contributed by atoms with Crippen molar-refractivity contribution in [1.29, 1.82) is 0 Å². The third-order valence-corrected chi connectivity index (χ3v) is 5.06. The van der Waals surface area contributed by atoms with Gasteiger partial charge in [-0.2, -0.15) is 0 Å².